The van der Waals surface area contributed by atoms with Gasteiger partial charge in [0.2, 0.25) is 0 Å². The Balaban J connectivity index is 4.29. The maximum Gasteiger partial charge on any atom is 0.389 e. The molecule has 0 aromatic carbocycles. The van der Waals surface area contributed by atoms with Gasteiger partial charge in [-0.2, -0.15) is 13.2 Å². The Kier molecular flexibility index (Phi) is 6.83. The van der Waals surface area contributed by atoms with Gasteiger partial charge in [0, 0.05) is 12.5 Å². The second kappa shape index (κ2) is 7.29. The third-order valence-corrected chi connectivity index (χ3v) is 2.26. The summed E-state index contributed by atoms with van der Waals surface area (Å²) in [5.41, 5.74) is 0.283. The predicted molar refractivity (Wildman–Crippen MR) is 57.2 cm³/mol. The number of hydrogen-bond donors (Lipinski definition) is 1. The van der Waals surface area contributed by atoms with E-state index in [0.29, 0.717) is 12.8 Å². The van der Waals surface area contributed by atoms with Crippen LogP contribution in [-0.2, 0) is 4.79 Å². The minimum atomic E-state index is -4.25. The van der Waals surface area contributed by atoms with Crippen molar-refractivity contribution in [1.82, 2.24) is 5.32 Å². The molecular formula is C11H17F4NO. The number of alkyl halides is 4. The summed E-state index contributed by atoms with van der Waals surface area (Å²) in [6.45, 7) is 4.18. The molecule has 0 radical (unpaired) electrons. The molecule has 0 fully saturated rings. The fourth-order valence-electron chi connectivity index (χ4n) is 1.38. The molecule has 0 saturated heterocycles. The van der Waals surface area contributed by atoms with Crippen LogP contribution in [0.15, 0.2) is 12.2 Å². The molecule has 0 aliphatic heterocycles. The Hall–Kier alpha value is -1.07. The minimum absolute atomic E-state index is 0.249. The maximum atomic E-state index is 12.0. The number of amides is 1. The maximum absolute atomic E-state index is 12.0. The van der Waals surface area contributed by atoms with Crippen molar-refractivity contribution in [2.75, 3.05) is 6.67 Å². The van der Waals surface area contributed by atoms with Crippen LogP contribution in [0.5, 0.6) is 0 Å². The molecule has 2 nitrogen and oxygen atoms in total. The standard InChI is InChI=1S/C11H17F4NO/c1-3-4-9(16-10(17)7-12)8(2)5-6-11(13,14)15/h9H,2-7H2,1H3,(H,16,17). The van der Waals surface area contributed by atoms with Crippen LogP contribution in [-0.4, -0.2) is 24.8 Å². The van der Waals surface area contributed by atoms with Gasteiger partial charge in [-0.3, -0.25) is 4.79 Å². The smallest absolute Gasteiger partial charge is 0.347 e. The van der Waals surface area contributed by atoms with Crippen LogP contribution in [0.1, 0.15) is 32.6 Å². The van der Waals surface area contributed by atoms with E-state index >= 15 is 0 Å². The Labute approximate surface area is 98.1 Å². The molecule has 1 unspecified atom stereocenters. The van der Waals surface area contributed by atoms with E-state index in [1.807, 2.05) is 6.92 Å². The molecule has 0 aromatic heterocycles. The first-order chi connectivity index (χ1) is 7.80. The fraction of sp³-hybridized carbons (Fsp3) is 0.727. The van der Waals surface area contributed by atoms with E-state index in [1.165, 1.54) is 0 Å². The molecule has 0 aliphatic carbocycles. The molecule has 0 spiro atoms. The average molecular weight is 255 g/mol. The van der Waals surface area contributed by atoms with E-state index in [0.717, 1.165) is 0 Å². The van der Waals surface area contributed by atoms with Gasteiger partial charge in [0.15, 0.2) is 6.67 Å². The van der Waals surface area contributed by atoms with Crippen LogP contribution in [0.25, 0.3) is 0 Å². The van der Waals surface area contributed by atoms with E-state index in [1.54, 1.807) is 0 Å². The summed E-state index contributed by atoms with van der Waals surface area (Å²) in [6, 6.07) is -0.578. The quantitative estimate of drug-likeness (QED) is 0.549. The van der Waals surface area contributed by atoms with Gasteiger partial charge >= 0.3 is 6.18 Å². The van der Waals surface area contributed by atoms with Crippen LogP contribution in [0.3, 0.4) is 0 Å². The van der Waals surface area contributed by atoms with Gasteiger partial charge in [-0.25, -0.2) is 4.39 Å². The predicted octanol–water partition coefficient (Wildman–Crippen LogP) is 3.14. The lowest BCUT2D eigenvalue weighted by Gasteiger charge is -2.20. The van der Waals surface area contributed by atoms with E-state index in [2.05, 4.69) is 11.9 Å². The molecule has 6 heteroatoms. The minimum Gasteiger partial charge on any atom is -0.347 e. The number of carbonyl (C=O) groups is 1. The van der Waals surface area contributed by atoms with E-state index in [9.17, 15) is 22.4 Å². The van der Waals surface area contributed by atoms with E-state index in [-0.39, 0.29) is 12.0 Å². The average Bonchev–Trinajstić information content (AvgIpc) is 2.24. The Morgan fingerprint density at radius 1 is 1.41 bits per heavy atom. The number of carbonyl (C=O) groups excluding carboxylic acids is 1. The van der Waals surface area contributed by atoms with Crippen molar-refractivity contribution in [1.29, 1.82) is 0 Å². The van der Waals surface area contributed by atoms with Gasteiger partial charge < -0.3 is 5.32 Å². The highest BCUT2D eigenvalue weighted by Crippen LogP contribution is 2.25. The molecule has 1 N–H and O–H groups in total. The zero-order chi connectivity index (χ0) is 13.5. The SMILES string of the molecule is C=C(CCC(F)(F)F)C(CCC)NC(=O)CF. The zero-order valence-corrected chi connectivity index (χ0v) is 9.74. The molecule has 0 saturated carbocycles. The van der Waals surface area contributed by atoms with Crippen molar-refractivity contribution in [3.05, 3.63) is 12.2 Å². The largest absolute Gasteiger partial charge is 0.389 e. The van der Waals surface area contributed by atoms with E-state index < -0.39 is 31.2 Å². The Bertz CT molecular complexity index is 263. The summed E-state index contributed by atoms with van der Waals surface area (Å²) < 4.78 is 48.0. The molecule has 1 atom stereocenters. The number of rotatable bonds is 7. The van der Waals surface area contributed by atoms with Crippen LogP contribution < -0.4 is 5.32 Å². The molecule has 0 rings (SSSR count). The van der Waals surface area contributed by atoms with Gasteiger partial charge in [0.05, 0.1) is 0 Å². The molecule has 100 valence electrons. The highest BCUT2D eigenvalue weighted by Gasteiger charge is 2.28. The molecule has 0 bridgehead atoms. The Morgan fingerprint density at radius 3 is 2.41 bits per heavy atom. The molecule has 0 aliphatic rings. The van der Waals surface area contributed by atoms with Crippen LogP contribution in [0.2, 0.25) is 0 Å². The summed E-state index contributed by atoms with van der Waals surface area (Å²) in [5, 5.41) is 2.32. The van der Waals surface area contributed by atoms with Crippen LogP contribution >= 0.6 is 0 Å². The second-order valence-electron chi connectivity index (χ2n) is 3.82. The van der Waals surface area contributed by atoms with Crippen LogP contribution in [0.4, 0.5) is 17.6 Å². The summed E-state index contributed by atoms with van der Waals surface area (Å²) >= 11 is 0. The van der Waals surface area contributed by atoms with Crippen molar-refractivity contribution in [3.8, 4) is 0 Å². The number of halogens is 4. The van der Waals surface area contributed by atoms with Crippen LogP contribution in [0, 0.1) is 0 Å². The van der Waals surface area contributed by atoms with E-state index in [4.69, 9.17) is 0 Å². The second-order valence-corrected chi connectivity index (χ2v) is 3.82. The summed E-state index contributed by atoms with van der Waals surface area (Å²) in [4.78, 5) is 10.9. The summed E-state index contributed by atoms with van der Waals surface area (Å²) in [7, 11) is 0. The van der Waals surface area contributed by atoms with Crippen molar-refractivity contribution >= 4 is 5.91 Å². The van der Waals surface area contributed by atoms with Gasteiger partial charge in [0.25, 0.3) is 5.91 Å². The lowest BCUT2D eigenvalue weighted by atomic mass is 9.99. The highest BCUT2D eigenvalue weighted by atomic mass is 19.4. The first-order valence-electron chi connectivity index (χ1n) is 5.40. The first-order valence-corrected chi connectivity index (χ1v) is 5.40. The van der Waals surface area contributed by atoms with Gasteiger partial charge in [-0.05, 0) is 12.8 Å². The van der Waals surface area contributed by atoms with Crippen molar-refractivity contribution in [2.24, 2.45) is 0 Å². The van der Waals surface area contributed by atoms with Gasteiger partial charge in [-0.15, -0.1) is 0 Å². The molecule has 0 aromatic rings. The number of hydrogen-bond acceptors (Lipinski definition) is 1. The lowest BCUT2D eigenvalue weighted by molar-refractivity contribution is -0.134. The monoisotopic (exact) mass is 255 g/mol. The van der Waals surface area contributed by atoms with Gasteiger partial charge in [-0.1, -0.05) is 25.5 Å². The molecule has 1 amide bonds. The topological polar surface area (TPSA) is 29.1 Å². The Morgan fingerprint density at radius 2 is 2.00 bits per heavy atom. The molecule has 17 heavy (non-hydrogen) atoms. The third-order valence-electron chi connectivity index (χ3n) is 2.26. The molecular weight excluding hydrogens is 238 g/mol. The third kappa shape index (κ3) is 7.76. The van der Waals surface area contributed by atoms with Crippen molar-refractivity contribution in [2.45, 2.75) is 44.8 Å². The van der Waals surface area contributed by atoms with Crippen molar-refractivity contribution in [3.63, 3.8) is 0 Å². The number of nitrogens with one attached hydrogen (secondary N) is 1. The zero-order valence-electron chi connectivity index (χ0n) is 9.74. The summed E-state index contributed by atoms with van der Waals surface area (Å²) in [6.07, 6.45) is -4.34. The first kappa shape index (κ1) is 15.9. The highest BCUT2D eigenvalue weighted by molar-refractivity contribution is 5.77. The normalized spacial score (nSPS) is 13.2. The van der Waals surface area contributed by atoms with Crippen molar-refractivity contribution < 1.29 is 22.4 Å². The summed E-state index contributed by atoms with van der Waals surface area (Å²) in [5.74, 6) is -0.823. The van der Waals surface area contributed by atoms with Gasteiger partial charge in [0.1, 0.15) is 0 Å². The molecule has 0 heterocycles. The fourth-order valence-corrected chi connectivity index (χ4v) is 1.38. The lowest BCUT2D eigenvalue weighted by Crippen LogP contribution is -2.37.